The van der Waals surface area contributed by atoms with Crippen LogP contribution in [-0.2, 0) is 4.79 Å². The Kier molecular flexibility index (Phi) is 4.97. The molecule has 0 bridgehead atoms. The zero-order chi connectivity index (χ0) is 13.7. The fraction of sp³-hybridized carbons (Fsp3) is 0.562. The van der Waals surface area contributed by atoms with E-state index in [1.54, 1.807) is 0 Å². The lowest BCUT2D eigenvalue weighted by molar-refractivity contribution is -0.122. The normalized spacial score (nSPS) is 24.9. The fourth-order valence-electron chi connectivity index (χ4n) is 2.82. The van der Waals surface area contributed by atoms with Crippen molar-refractivity contribution < 1.29 is 4.79 Å². The second-order valence-corrected chi connectivity index (χ2v) is 5.67. The van der Waals surface area contributed by atoms with Crippen molar-refractivity contribution in [2.45, 2.75) is 44.6 Å². The summed E-state index contributed by atoms with van der Waals surface area (Å²) in [4.78, 5) is 11.1. The van der Waals surface area contributed by atoms with Crippen LogP contribution < -0.4 is 11.1 Å². The number of hydrogen-bond acceptors (Lipinski definition) is 2. The van der Waals surface area contributed by atoms with Crippen LogP contribution >= 0.6 is 0 Å². The predicted octanol–water partition coefficient (Wildman–Crippen LogP) is 2.42. The monoisotopic (exact) mass is 260 g/mol. The van der Waals surface area contributed by atoms with Crippen LogP contribution in [0.2, 0.25) is 0 Å². The summed E-state index contributed by atoms with van der Waals surface area (Å²) in [7, 11) is 0. The van der Waals surface area contributed by atoms with Gasteiger partial charge in [0.25, 0.3) is 0 Å². The van der Waals surface area contributed by atoms with Gasteiger partial charge in [-0.15, -0.1) is 0 Å². The van der Waals surface area contributed by atoms with Gasteiger partial charge >= 0.3 is 0 Å². The van der Waals surface area contributed by atoms with Crippen molar-refractivity contribution >= 4 is 5.91 Å². The van der Waals surface area contributed by atoms with E-state index in [0.717, 1.165) is 32.2 Å². The summed E-state index contributed by atoms with van der Waals surface area (Å²) in [6.07, 6.45) is 4.00. The summed E-state index contributed by atoms with van der Waals surface area (Å²) in [6, 6.07) is 11.1. The maximum atomic E-state index is 11.1. The Labute approximate surface area is 115 Å². The third kappa shape index (κ3) is 4.06. The topological polar surface area (TPSA) is 55.1 Å². The highest BCUT2D eigenvalue weighted by Gasteiger charge is 2.24. The summed E-state index contributed by atoms with van der Waals surface area (Å²) in [6.45, 7) is 3.24. The Morgan fingerprint density at radius 1 is 1.26 bits per heavy atom. The first kappa shape index (κ1) is 14.1. The largest absolute Gasteiger partial charge is 0.369 e. The molecule has 19 heavy (non-hydrogen) atoms. The lowest BCUT2D eigenvalue weighted by Crippen LogP contribution is -2.38. The minimum Gasteiger partial charge on any atom is -0.369 e. The number of nitrogens with two attached hydrogens (primary N) is 1. The lowest BCUT2D eigenvalue weighted by atomic mass is 9.85. The molecule has 1 aliphatic carbocycles. The molecule has 0 radical (unpaired) electrons. The molecule has 0 spiro atoms. The summed E-state index contributed by atoms with van der Waals surface area (Å²) in [5.41, 5.74) is 6.73. The molecule has 1 aromatic rings. The van der Waals surface area contributed by atoms with Crippen molar-refractivity contribution in [2.24, 2.45) is 11.7 Å². The first-order chi connectivity index (χ1) is 9.16. The SMILES string of the molecule is CC(CNC1CCC(C(N)=O)CC1)c1ccccc1. The van der Waals surface area contributed by atoms with Crippen LogP contribution in [0.25, 0.3) is 0 Å². The van der Waals surface area contributed by atoms with Crippen molar-refractivity contribution in [1.29, 1.82) is 0 Å². The minimum absolute atomic E-state index is 0.101. The van der Waals surface area contributed by atoms with Gasteiger partial charge in [-0.05, 0) is 37.2 Å². The third-order valence-corrected chi connectivity index (χ3v) is 4.21. The van der Waals surface area contributed by atoms with Gasteiger partial charge in [0.05, 0.1) is 0 Å². The maximum Gasteiger partial charge on any atom is 0.220 e. The zero-order valence-corrected chi connectivity index (χ0v) is 11.6. The Morgan fingerprint density at radius 3 is 2.47 bits per heavy atom. The van der Waals surface area contributed by atoms with Gasteiger partial charge in [0.2, 0.25) is 5.91 Å². The molecule has 0 heterocycles. The Hall–Kier alpha value is -1.35. The predicted molar refractivity (Wildman–Crippen MR) is 77.8 cm³/mol. The van der Waals surface area contributed by atoms with Crippen molar-refractivity contribution in [3.05, 3.63) is 35.9 Å². The van der Waals surface area contributed by atoms with Crippen LogP contribution in [0.5, 0.6) is 0 Å². The van der Waals surface area contributed by atoms with Crippen molar-refractivity contribution in [2.75, 3.05) is 6.54 Å². The van der Waals surface area contributed by atoms with Crippen LogP contribution in [-0.4, -0.2) is 18.5 Å². The van der Waals surface area contributed by atoms with Crippen LogP contribution in [0.3, 0.4) is 0 Å². The molecular weight excluding hydrogens is 236 g/mol. The number of hydrogen-bond donors (Lipinski definition) is 2. The molecule has 1 fully saturated rings. The number of carbonyl (C=O) groups is 1. The van der Waals surface area contributed by atoms with E-state index in [1.807, 2.05) is 0 Å². The number of rotatable bonds is 5. The molecule has 1 unspecified atom stereocenters. The number of amides is 1. The second-order valence-electron chi connectivity index (χ2n) is 5.67. The van der Waals surface area contributed by atoms with Crippen LogP contribution in [0.1, 0.15) is 44.1 Å². The highest BCUT2D eigenvalue weighted by atomic mass is 16.1. The van der Waals surface area contributed by atoms with E-state index in [9.17, 15) is 4.79 Å². The van der Waals surface area contributed by atoms with Crippen molar-refractivity contribution in [3.63, 3.8) is 0 Å². The molecule has 104 valence electrons. The van der Waals surface area contributed by atoms with E-state index in [2.05, 4.69) is 42.6 Å². The Bertz CT molecular complexity index is 396. The van der Waals surface area contributed by atoms with Gasteiger partial charge in [-0.1, -0.05) is 37.3 Å². The molecule has 0 saturated heterocycles. The molecule has 3 N–H and O–H groups in total. The molecule has 0 aromatic heterocycles. The summed E-state index contributed by atoms with van der Waals surface area (Å²) >= 11 is 0. The van der Waals surface area contributed by atoms with E-state index < -0.39 is 0 Å². The molecular formula is C16H24N2O. The fourth-order valence-corrected chi connectivity index (χ4v) is 2.82. The molecule has 0 aliphatic heterocycles. The summed E-state index contributed by atoms with van der Waals surface area (Å²) in [5.74, 6) is 0.496. The first-order valence-corrected chi connectivity index (χ1v) is 7.24. The smallest absolute Gasteiger partial charge is 0.220 e. The van der Waals surface area contributed by atoms with Gasteiger partial charge in [-0.2, -0.15) is 0 Å². The van der Waals surface area contributed by atoms with Gasteiger partial charge < -0.3 is 11.1 Å². The van der Waals surface area contributed by atoms with Gasteiger partial charge in [0.15, 0.2) is 0 Å². The number of benzene rings is 1. The van der Waals surface area contributed by atoms with Gasteiger partial charge in [-0.3, -0.25) is 4.79 Å². The average molecular weight is 260 g/mol. The molecule has 1 saturated carbocycles. The molecule has 1 aliphatic rings. The van der Waals surface area contributed by atoms with Crippen LogP contribution in [0.15, 0.2) is 30.3 Å². The first-order valence-electron chi connectivity index (χ1n) is 7.24. The van der Waals surface area contributed by atoms with Crippen molar-refractivity contribution in [3.8, 4) is 0 Å². The van der Waals surface area contributed by atoms with Crippen molar-refractivity contribution in [1.82, 2.24) is 5.32 Å². The molecule has 1 amide bonds. The molecule has 2 rings (SSSR count). The highest BCUT2D eigenvalue weighted by molar-refractivity contribution is 5.76. The van der Waals surface area contributed by atoms with E-state index >= 15 is 0 Å². The summed E-state index contributed by atoms with van der Waals surface area (Å²) < 4.78 is 0. The lowest BCUT2D eigenvalue weighted by Gasteiger charge is -2.28. The standard InChI is InChI=1S/C16H24N2O/c1-12(13-5-3-2-4-6-13)11-18-15-9-7-14(8-10-15)16(17)19/h2-6,12,14-15,18H,7-11H2,1H3,(H2,17,19). The van der Waals surface area contributed by atoms with Gasteiger partial charge in [0, 0.05) is 18.5 Å². The van der Waals surface area contributed by atoms with Crippen LogP contribution in [0.4, 0.5) is 0 Å². The molecule has 1 aromatic carbocycles. The Morgan fingerprint density at radius 2 is 1.89 bits per heavy atom. The van der Waals surface area contributed by atoms with E-state index in [-0.39, 0.29) is 11.8 Å². The third-order valence-electron chi connectivity index (χ3n) is 4.21. The van der Waals surface area contributed by atoms with E-state index in [0.29, 0.717) is 12.0 Å². The molecule has 3 heteroatoms. The van der Waals surface area contributed by atoms with Crippen LogP contribution in [0, 0.1) is 5.92 Å². The van der Waals surface area contributed by atoms with E-state index in [1.165, 1.54) is 5.56 Å². The van der Waals surface area contributed by atoms with E-state index in [4.69, 9.17) is 5.73 Å². The number of carbonyl (C=O) groups excluding carboxylic acids is 1. The average Bonchev–Trinajstić information content (AvgIpc) is 2.46. The molecule has 1 atom stereocenters. The quantitative estimate of drug-likeness (QED) is 0.854. The van der Waals surface area contributed by atoms with Gasteiger partial charge in [-0.25, -0.2) is 0 Å². The molecule has 3 nitrogen and oxygen atoms in total. The highest BCUT2D eigenvalue weighted by Crippen LogP contribution is 2.24. The summed E-state index contributed by atoms with van der Waals surface area (Å²) in [5, 5.41) is 3.63. The number of nitrogens with one attached hydrogen (secondary N) is 1. The minimum atomic E-state index is -0.129. The second kappa shape index (κ2) is 6.71. The maximum absolute atomic E-state index is 11.1. The zero-order valence-electron chi connectivity index (χ0n) is 11.6. The number of primary amides is 1. The Balaban J connectivity index is 1.73. The van der Waals surface area contributed by atoms with Gasteiger partial charge in [0.1, 0.15) is 0 Å².